The molecule has 2 aromatic rings. The Morgan fingerprint density at radius 2 is 1.80 bits per heavy atom. The summed E-state index contributed by atoms with van der Waals surface area (Å²) in [5, 5.41) is 8.69. The van der Waals surface area contributed by atoms with Crippen LogP contribution in [0.25, 0.3) is 0 Å². The van der Waals surface area contributed by atoms with E-state index in [-0.39, 0.29) is 36.3 Å². The van der Waals surface area contributed by atoms with E-state index < -0.39 is 11.2 Å². The highest BCUT2D eigenvalue weighted by atomic mass is 35.5. The van der Waals surface area contributed by atoms with Crippen molar-refractivity contribution in [1.29, 1.82) is 0 Å². The van der Waals surface area contributed by atoms with Gasteiger partial charge in [0.25, 0.3) is 0 Å². The monoisotopic (exact) mass is 435 g/mol. The zero-order valence-electron chi connectivity index (χ0n) is 16.9. The van der Waals surface area contributed by atoms with Crippen LogP contribution in [-0.2, 0) is 20.7 Å². The molecular weight excluding hydrogens is 409 g/mol. The van der Waals surface area contributed by atoms with Gasteiger partial charge < -0.3 is 20.7 Å². The van der Waals surface area contributed by atoms with Gasteiger partial charge >= 0.3 is 0 Å². The van der Waals surface area contributed by atoms with Crippen molar-refractivity contribution in [1.82, 2.24) is 5.32 Å². The number of piperidine rings is 1. The van der Waals surface area contributed by atoms with Crippen LogP contribution in [0.4, 0.5) is 15.8 Å². The van der Waals surface area contributed by atoms with Crippen molar-refractivity contribution in [3.63, 3.8) is 0 Å². The second-order valence-electron chi connectivity index (χ2n) is 7.32. The van der Waals surface area contributed by atoms with Crippen LogP contribution in [0.1, 0.15) is 18.4 Å². The third-order valence-electron chi connectivity index (χ3n) is 5.17. The molecule has 1 fully saturated rings. The lowest BCUT2D eigenvalue weighted by molar-refractivity contribution is -0.130. The van der Waals surface area contributed by atoms with Gasteiger partial charge in [0, 0.05) is 12.8 Å². The van der Waals surface area contributed by atoms with Gasteiger partial charge in [-0.3, -0.25) is 9.59 Å². The fourth-order valence-electron chi connectivity index (χ4n) is 3.56. The lowest BCUT2D eigenvalue weighted by Crippen LogP contribution is -2.47. The Kier molecular flexibility index (Phi) is 8.77. The van der Waals surface area contributed by atoms with Gasteiger partial charge in [-0.05, 0) is 49.7 Å². The molecule has 6 nitrogen and oxygen atoms in total. The number of benzene rings is 2. The second kappa shape index (κ2) is 11.1. The van der Waals surface area contributed by atoms with Crippen molar-refractivity contribution in [2.45, 2.75) is 19.3 Å². The summed E-state index contributed by atoms with van der Waals surface area (Å²) < 4.78 is 19.5. The third kappa shape index (κ3) is 6.01. The molecular formula is C22H27ClFN3O3. The molecule has 1 heterocycles. The second-order valence-corrected chi connectivity index (χ2v) is 7.32. The molecule has 1 aliphatic heterocycles. The zero-order chi connectivity index (χ0) is 20.7. The van der Waals surface area contributed by atoms with E-state index in [4.69, 9.17) is 4.74 Å². The lowest BCUT2D eigenvalue weighted by Gasteiger charge is -2.35. The Bertz CT molecular complexity index is 852. The number of halogens is 2. The number of nitrogens with one attached hydrogen (secondary N) is 3. The van der Waals surface area contributed by atoms with E-state index in [2.05, 4.69) is 16.0 Å². The molecule has 0 aromatic heterocycles. The Morgan fingerprint density at radius 1 is 1.10 bits per heavy atom. The molecule has 0 aliphatic carbocycles. The smallest absolute Gasteiger partial charge is 0.233 e. The van der Waals surface area contributed by atoms with E-state index in [0.29, 0.717) is 25.1 Å². The first kappa shape index (κ1) is 23.8. The summed E-state index contributed by atoms with van der Waals surface area (Å²) in [4.78, 5) is 25.2. The van der Waals surface area contributed by atoms with Gasteiger partial charge in [-0.25, -0.2) is 4.39 Å². The molecule has 0 atom stereocenters. The van der Waals surface area contributed by atoms with Crippen LogP contribution in [0.15, 0.2) is 48.5 Å². The molecule has 0 saturated carbocycles. The highest BCUT2D eigenvalue weighted by molar-refractivity contribution is 5.97. The van der Waals surface area contributed by atoms with Crippen molar-refractivity contribution in [2.75, 3.05) is 37.4 Å². The normalized spacial score (nSPS) is 15.0. The van der Waals surface area contributed by atoms with E-state index in [1.54, 1.807) is 7.11 Å². The summed E-state index contributed by atoms with van der Waals surface area (Å²) in [7, 11) is 1.58. The highest BCUT2D eigenvalue weighted by Crippen LogP contribution is 2.31. The molecule has 0 radical (unpaired) electrons. The quantitative estimate of drug-likeness (QED) is 0.623. The highest BCUT2D eigenvalue weighted by Gasteiger charge is 2.39. The van der Waals surface area contributed by atoms with E-state index in [1.165, 1.54) is 18.2 Å². The molecule has 3 N–H and O–H groups in total. The van der Waals surface area contributed by atoms with Crippen LogP contribution in [-0.4, -0.2) is 38.6 Å². The zero-order valence-corrected chi connectivity index (χ0v) is 17.7. The first-order chi connectivity index (χ1) is 14.0. The van der Waals surface area contributed by atoms with Gasteiger partial charge in [0.05, 0.1) is 24.1 Å². The number of anilines is 2. The van der Waals surface area contributed by atoms with Gasteiger partial charge in [-0.1, -0.05) is 30.3 Å². The van der Waals surface area contributed by atoms with E-state index in [9.17, 15) is 14.0 Å². The number of methoxy groups -OCH3 is 1. The number of ether oxygens (including phenoxy) is 1. The minimum atomic E-state index is -0.620. The van der Waals surface area contributed by atoms with Crippen LogP contribution in [0.5, 0.6) is 0 Å². The molecule has 162 valence electrons. The fraction of sp³-hybridized carbons (Fsp3) is 0.364. The van der Waals surface area contributed by atoms with Crippen LogP contribution >= 0.6 is 12.4 Å². The first-order valence-corrected chi connectivity index (χ1v) is 9.67. The van der Waals surface area contributed by atoms with Crippen LogP contribution in [0, 0.1) is 11.2 Å². The summed E-state index contributed by atoms with van der Waals surface area (Å²) in [6, 6.07) is 13.4. The Morgan fingerprint density at radius 3 is 2.47 bits per heavy atom. The van der Waals surface area contributed by atoms with Crippen LogP contribution < -0.4 is 16.0 Å². The number of amides is 2. The average molecular weight is 436 g/mol. The molecule has 30 heavy (non-hydrogen) atoms. The maximum Gasteiger partial charge on any atom is 0.233 e. The van der Waals surface area contributed by atoms with Gasteiger partial charge in [0.2, 0.25) is 11.8 Å². The van der Waals surface area contributed by atoms with Gasteiger partial charge in [-0.2, -0.15) is 0 Å². The minimum Gasteiger partial charge on any atom is -0.384 e. The number of hydrogen-bond donors (Lipinski definition) is 3. The van der Waals surface area contributed by atoms with Crippen molar-refractivity contribution < 1.29 is 18.7 Å². The predicted molar refractivity (Wildman–Crippen MR) is 117 cm³/mol. The van der Waals surface area contributed by atoms with Crippen LogP contribution in [0.2, 0.25) is 0 Å². The summed E-state index contributed by atoms with van der Waals surface area (Å²) in [6.07, 6.45) is 1.46. The molecule has 8 heteroatoms. The van der Waals surface area contributed by atoms with Crippen molar-refractivity contribution in [3.8, 4) is 0 Å². The summed E-state index contributed by atoms with van der Waals surface area (Å²) >= 11 is 0. The first-order valence-electron chi connectivity index (χ1n) is 9.67. The van der Waals surface area contributed by atoms with Gasteiger partial charge in [0.15, 0.2) is 0 Å². The topological polar surface area (TPSA) is 79.5 Å². The summed E-state index contributed by atoms with van der Waals surface area (Å²) in [5.74, 6) is -1.04. The molecule has 0 bridgehead atoms. The maximum absolute atomic E-state index is 14.2. The van der Waals surface area contributed by atoms with Crippen molar-refractivity contribution in [3.05, 3.63) is 59.9 Å². The SMILES string of the molecule is COCC1(C(=O)Nc2ccc(F)c(NC(=O)Cc3ccccc3)c2)CCNCC1.Cl. The molecule has 1 saturated heterocycles. The minimum absolute atomic E-state index is 0. The molecule has 2 aromatic carbocycles. The number of hydrogen-bond acceptors (Lipinski definition) is 4. The molecule has 2 amide bonds. The Labute approximate surface area is 182 Å². The lowest BCUT2D eigenvalue weighted by atomic mass is 9.78. The Balaban J connectivity index is 0.00000320. The fourth-order valence-corrected chi connectivity index (χ4v) is 3.56. The number of rotatable bonds is 7. The summed E-state index contributed by atoms with van der Waals surface area (Å²) in [6.45, 7) is 1.80. The van der Waals surface area contributed by atoms with E-state index in [0.717, 1.165) is 18.7 Å². The van der Waals surface area contributed by atoms with Gasteiger partial charge in [-0.15, -0.1) is 12.4 Å². The Hall–Kier alpha value is -2.48. The molecule has 1 aliphatic rings. The molecule has 0 unspecified atom stereocenters. The largest absolute Gasteiger partial charge is 0.384 e. The predicted octanol–water partition coefficient (Wildman–Crippen LogP) is 3.38. The maximum atomic E-state index is 14.2. The van der Waals surface area contributed by atoms with Crippen molar-refractivity contribution in [2.24, 2.45) is 5.41 Å². The van der Waals surface area contributed by atoms with Crippen LogP contribution in [0.3, 0.4) is 0 Å². The number of carbonyl (C=O) groups is 2. The van der Waals surface area contributed by atoms with E-state index in [1.807, 2.05) is 30.3 Å². The molecule has 0 spiro atoms. The number of carbonyl (C=O) groups excluding carboxylic acids is 2. The van der Waals surface area contributed by atoms with Gasteiger partial charge in [0.1, 0.15) is 5.82 Å². The average Bonchev–Trinajstić information content (AvgIpc) is 2.72. The van der Waals surface area contributed by atoms with Crippen molar-refractivity contribution >= 4 is 35.6 Å². The van der Waals surface area contributed by atoms with E-state index >= 15 is 0 Å². The standard InChI is InChI=1S/C22H26FN3O3.ClH/c1-29-15-22(9-11-24-12-10-22)21(28)25-17-7-8-18(23)19(14-17)26-20(27)13-16-5-3-2-4-6-16;/h2-8,14,24H,9-13,15H2,1H3,(H,25,28)(H,26,27);1H. The summed E-state index contributed by atoms with van der Waals surface area (Å²) in [5.41, 5.74) is 0.683. The molecule has 3 rings (SSSR count). The third-order valence-corrected chi connectivity index (χ3v) is 5.17.